The Morgan fingerprint density at radius 2 is 1.62 bits per heavy atom. The van der Waals surface area contributed by atoms with E-state index in [1.807, 2.05) is 30.3 Å². The summed E-state index contributed by atoms with van der Waals surface area (Å²) in [7, 11) is 6.92. The van der Waals surface area contributed by atoms with Crippen LogP contribution in [0, 0.1) is 0 Å². The summed E-state index contributed by atoms with van der Waals surface area (Å²) in [5.41, 5.74) is 2.04. The van der Waals surface area contributed by atoms with E-state index in [0.29, 0.717) is 30.1 Å². The van der Waals surface area contributed by atoms with Gasteiger partial charge in [0.15, 0.2) is 11.5 Å². The SMILES string of the molecule is COc1ccc(CCC(=O)NC(CN2CCN(C)CC2)c2ccccc2)c(OC)c1OC. The molecule has 1 N–H and O–H groups in total. The van der Waals surface area contributed by atoms with Gasteiger partial charge in [-0.1, -0.05) is 36.4 Å². The Balaban J connectivity index is 1.66. The number of piperazine rings is 1. The molecule has 1 saturated heterocycles. The summed E-state index contributed by atoms with van der Waals surface area (Å²) in [6, 6.07) is 13.9. The van der Waals surface area contributed by atoms with Gasteiger partial charge < -0.3 is 24.4 Å². The van der Waals surface area contributed by atoms with Crippen LogP contribution in [0.1, 0.15) is 23.6 Å². The van der Waals surface area contributed by atoms with E-state index in [0.717, 1.165) is 43.9 Å². The Hall–Kier alpha value is -2.77. The molecule has 1 unspecified atom stereocenters. The van der Waals surface area contributed by atoms with Crippen molar-refractivity contribution in [2.75, 3.05) is 61.1 Å². The third-order valence-corrected chi connectivity index (χ3v) is 5.98. The Morgan fingerprint density at radius 1 is 0.938 bits per heavy atom. The van der Waals surface area contributed by atoms with Crippen LogP contribution in [0.4, 0.5) is 0 Å². The largest absolute Gasteiger partial charge is 0.493 e. The standard InChI is InChI=1S/C25H35N3O4/c1-27-14-16-28(17-15-27)18-21(19-8-6-5-7-9-19)26-23(29)13-11-20-10-12-22(30-2)25(32-4)24(20)31-3/h5-10,12,21H,11,13-18H2,1-4H3,(H,26,29). The molecule has 0 aliphatic carbocycles. The van der Waals surface area contributed by atoms with Gasteiger partial charge in [-0.15, -0.1) is 0 Å². The number of hydrogen-bond donors (Lipinski definition) is 1. The first kappa shape index (κ1) is 23.9. The molecule has 32 heavy (non-hydrogen) atoms. The third kappa shape index (κ3) is 6.14. The highest BCUT2D eigenvalue weighted by atomic mass is 16.5. The monoisotopic (exact) mass is 441 g/mol. The van der Waals surface area contributed by atoms with Gasteiger partial charge in [-0.2, -0.15) is 0 Å². The molecule has 7 heteroatoms. The van der Waals surface area contributed by atoms with E-state index in [-0.39, 0.29) is 11.9 Å². The molecule has 0 bridgehead atoms. The van der Waals surface area contributed by atoms with Crippen molar-refractivity contribution in [3.63, 3.8) is 0 Å². The molecule has 1 aliphatic heterocycles. The molecule has 1 aliphatic rings. The van der Waals surface area contributed by atoms with Crippen molar-refractivity contribution in [3.05, 3.63) is 53.6 Å². The first-order valence-electron chi connectivity index (χ1n) is 11.1. The summed E-state index contributed by atoms with van der Waals surface area (Å²) in [4.78, 5) is 17.7. The van der Waals surface area contributed by atoms with Crippen LogP contribution < -0.4 is 19.5 Å². The summed E-state index contributed by atoms with van der Waals surface area (Å²) in [6.45, 7) is 4.93. The van der Waals surface area contributed by atoms with Gasteiger partial charge in [0.25, 0.3) is 0 Å². The lowest BCUT2D eigenvalue weighted by Gasteiger charge is -2.35. The van der Waals surface area contributed by atoms with Crippen LogP contribution >= 0.6 is 0 Å². The first-order valence-corrected chi connectivity index (χ1v) is 11.1. The van der Waals surface area contributed by atoms with Crippen LogP contribution in [0.2, 0.25) is 0 Å². The Bertz CT molecular complexity index is 867. The molecule has 0 radical (unpaired) electrons. The fourth-order valence-electron chi connectivity index (χ4n) is 4.08. The van der Waals surface area contributed by atoms with Gasteiger partial charge in [0.2, 0.25) is 11.7 Å². The molecular formula is C25H35N3O4. The molecule has 2 aromatic carbocycles. The average molecular weight is 442 g/mol. The first-order chi connectivity index (χ1) is 15.5. The molecule has 2 aromatic rings. The minimum Gasteiger partial charge on any atom is -0.493 e. The van der Waals surface area contributed by atoms with Crippen LogP contribution in [0.15, 0.2) is 42.5 Å². The number of methoxy groups -OCH3 is 3. The number of amides is 1. The van der Waals surface area contributed by atoms with Crippen molar-refractivity contribution in [3.8, 4) is 17.2 Å². The molecule has 0 spiro atoms. The number of aryl methyl sites for hydroxylation is 1. The fourth-order valence-corrected chi connectivity index (χ4v) is 4.08. The highest BCUT2D eigenvalue weighted by Gasteiger charge is 2.22. The van der Waals surface area contributed by atoms with Gasteiger partial charge in [0.05, 0.1) is 27.4 Å². The predicted octanol–water partition coefficient (Wildman–Crippen LogP) is 2.75. The van der Waals surface area contributed by atoms with E-state index in [1.165, 1.54) is 0 Å². The van der Waals surface area contributed by atoms with E-state index in [1.54, 1.807) is 21.3 Å². The molecule has 0 saturated carbocycles. The topological polar surface area (TPSA) is 63.3 Å². The van der Waals surface area contributed by atoms with Gasteiger partial charge in [0.1, 0.15) is 0 Å². The maximum absolute atomic E-state index is 12.9. The molecule has 0 aromatic heterocycles. The van der Waals surface area contributed by atoms with Crippen molar-refractivity contribution in [1.29, 1.82) is 0 Å². The highest BCUT2D eigenvalue weighted by Crippen LogP contribution is 2.40. The Morgan fingerprint density at radius 3 is 2.25 bits per heavy atom. The van der Waals surface area contributed by atoms with Crippen LogP contribution in [-0.2, 0) is 11.2 Å². The van der Waals surface area contributed by atoms with Crippen LogP contribution in [0.25, 0.3) is 0 Å². The average Bonchev–Trinajstić information content (AvgIpc) is 2.83. The lowest BCUT2D eigenvalue weighted by molar-refractivity contribution is -0.122. The minimum atomic E-state index is -0.0422. The Kier molecular flexibility index (Phi) is 8.76. The number of carbonyl (C=O) groups is 1. The second-order valence-electron chi connectivity index (χ2n) is 8.13. The number of rotatable bonds is 10. The van der Waals surface area contributed by atoms with Crippen molar-refractivity contribution in [2.24, 2.45) is 0 Å². The van der Waals surface area contributed by atoms with E-state index >= 15 is 0 Å². The minimum absolute atomic E-state index is 0.0184. The number of hydrogen-bond acceptors (Lipinski definition) is 6. The number of carbonyl (C=O) groups excluding carboxylic acids is 1. The van der Waals surface area contributed by atoms with Gasteiger partial charge >= 0.3 is 0 Å². The maximum atomic E-state index is 12.9. The molecule has 1 atom stereocenters. The van der Waals surface area contributed by atoms with Gasteiger partial charge in [-0.3, -0.25) is 9.69 Å². The van der Waals surface area contributed by atoms with Gasteiger partial charge in [-0.25, -0.2) is 0 Å². The van der Waals surface area contributed by atoms with E-state index in [2.05, 4.69) is 34.3 Å². The van der Waals surface area contributed by atoms with Crippen molar-refractivity contribution >= 4 is 5.91 Å². The highest BCUT2D eigenvalue weighted by molar-refractivity contribution is 5.77. The number of benzene rings is 2. The van der Waals surface area contributed by atoms with Crippen molar-refractivity contribution in [2.45, 2.75) is 18.9 Å². The fraction of sp³-hybridized carbons (Fsp3) is 0.480. The van der Waals surface area contributed by atoms with Crippen LogP contribution in [0.5, 0.6) is 17.2 Å². The number of likely N-dealkylation sites (N-methyl/N-ethyl adjacent to an activating group) is 1. The molecule has 1 amide bonds. The van der Waals surface area contributed by atoms with Crippen molar-refractivity contribution < 1.29 is 19.0 Å². The predicted molar refractivity (Wildman–Crippen MR) is 126 cm³/mol. The summed E-state index contributed by atoms with van der Waals surface area (Å²) in [5, 5.41) is 3.26. The van der Waals surface area contributed by atoms with Gasteiger partial charge in [0, 0.05) is 39.1 Å². The smallest absolute Gasteiger partial charge is 0.220 e. The number of ether oxygens (including phenoxy) is 3. The van der Waals surface area contributed by atoms with E-state index in [4.69, 9.17) is 14.2 Å². The second-order valence-corrected chi connectivity index (χ2v) is 8.13. The zero-order valence-corrected chi connectivity index (χ0v) is 19.6. The lowest BCUT2D eigenvalue weighted by Crippen LogP contribution is -2.47. The number of nitrogens with one attached hydrogen (secondary N) is 1. The molecular weight excluding hydrogens is 406 g/mol. The third-order valence-electron chi connectivity index (χ3n) is 5.98. The summed E-state index contributed by atoms with van der Waals surface area (Å²) >= 11 is 0. The Labute approximate surface area is 191 Å². The quantitative estimate of drug-likeness (QED) is 0.612. The van der Waals surface area contributed by atoms with Crippen LogP contribution in [0.3, 0.4) is 0 Å². The molecule has 7 nitrogen and oxygen atoms in total. The van der Waals surface area contributed by atoms with Crippen LogP contribution in [-0.4, -0.2) is 76.8 Å². The molecule has 1 fully saturated rings. The molecule has 3 rings (SSSR count). The molecule has 174 valence electrons. The second kappa shape index (κ2) is 11.7. The van der Waals surface area contributed by atoms with Gasteiger partial charge in [-0.05, 0) is 30.7 Å². The summed E-state index contributed by atoms with van der Waals surface area (Å²) in [6.07, 6.45) is 0.906. The summed E-state index contributed by atoms with van der Waals surface area (Å²) in [5.74, 6) is 1.78. The van der Waals surface area contributed by atoms with E-state index in [9.17, 15) is 4.79 Å². The molecule has 1 heterocycles. The zero-order valence-electron chi connectivity index (χ0n) is 19.6. The normalized spacial score (nSPS) is 15.8. The maximum Gasteiger partial charge on any atom is 0.220 e. The lowest BCUT2D eigenvalue weighted by atomic mass is 10.0. The summed E-state index contributed by atoms with van der Waals surface area (Å²) < 4.78 is 16.4. The van der Waals surface area contributed by atoms with E-state index < -0.39 is 0 Å². The van der Waals surface area contributed by atoms with Crippen molar-refractivity contribution in [1.82, 2.24) is 15.1 Å². The zero-order chi connectivity index (χ0) is 22.9. The number of nitrogens with zero attached hydrogens (tertiary/aromatic N) is 2.